The van der Waals surface area contributed by atoms with Gasteiger partial charge in [-0.2, -0.15) is 0 Å². The molecule has 11 heteroatoms. The summed E-state index contributed by atoms with van der Waals surface area (Å²) in [4.78, 5) is 34.5. The first-order chi connectivity index (χ1) is 19.7. The first-order valence-electron chi connectivity index (χ1n) is 13.4. The number of carboxylic acids is 1. The molecule has 5 N–H and O–H groups in total. The van der Waals surface area contributed by atoms with Crippen molar-refractivity contribution >= 4 is 76.1 Å². The average molecular weight is 679 g/mol. The number of carbonyl (C=O) groups excluding carboxylic acids is 2. The van der Waals surface area contributed by atoms with Gasteiger partial charge in [0, 0.05) is 0 Å². The van der Waals surface area contributed by atoms with Crippen LogP contribution in [0.4, 0.5) is 0 Å². The standard InChI is InChI=1S/C30H37BrN3O4PS2/c31-39(24-13-5-1-6-14-24,25-15-7-2-8-16-25,26-17-9-3-10-18-26)20-12-4-11-19-33-28(35)23-41-40-22-27(32)30(38)34-21-29(36)37/h1-3,5-10,13-18,27H,4,11-12,19-23,32H2,(H,33,35)(H,34,38)(H,36,37). The minimum atomic E-state index is -2.92. The number of benzene rings is 3. The van der Waals surface area contributed by atoms with Crippen LogP contribution in [0.25, 0.3) is 0 Å². The second-order valence-corrected chi connectivity index (χ2v) is 21.2. The van der Waals surface area contributed by atoms with E-state index in [1.54, 1.807) is 0 Å². The maximum absolute atomic E-state index is 12.3. The molecule has 0 aliphatic carbocycles. The fourth-order valence-corrected chi connectivity index (χ4v) is 14.4. The van der Waals surface area contributed by atoms with Crippen LogP contribution in [-0.2, 0) is 14.4 Å². The number of nitrogens with one attached hydrogen (secondary N) is 2. The Labute approximate surface area is 257 Å². The normalized spacial score (nSPS) is 13.0. The number of amides is 2. The van der Waals surface area contributed by atoms with Crippen molar-refractivity contribution in [3.05, 3.63) is 91.0 Å². The van der Waals surface area contributed by atoms with Crippen molar-refractivity contribution in [2.24, 2.45) is 5.73 Å². The van der Waals surface area contributed by atoms with Gasteiger partial charge in [-0.25, -0.2) is 0 Å². The molecule has 3 aromatic rings. The molecule has 0 heterocycles. The maximum Gasteiger partial charge on any atom is 0.322 e. The Morgan fingerprint density at radius 2 is 1.29 bits per heavy atom. The second kappa shape index (κ2) is 16.3. The van der Waals surface area contributed by atoms with E-state index in [1.807, 2.05) is 0 Å². The van der Waals surface area contributed by atoms with Crippen molar-refractivity contribution in [2.75, 3.05) is 30.8 Å². The van der Waals surface area contributed by atoms with Gasteiger partial charge < -0.3 is 16.2 Å². The molecule has 0 saturated heterocycles. The number of carboxylic acid groups (broad SMARTS) is 1. The molecular formula is C30H37BrN3O4PS2. The first kappa shape index (κ1) is 33.1. The molecule has 220 valence electrons. The Kier molecular flexibility index (Phi) is 13.2. The summed E-state index contributed by atoms with van der Waals surface area (Å²) in [5.74, 6) is -1.17. The van der Waals surface area contributed by atoms with E-state index in [9.17, 15) is 14.4 Å². The Morgan fingerprint density at radius 1 is 0.780 bits per heavy atom. The third-order valence-electron chi connectivity index (χ3n) is 6.73. The van der Waals surface area contributed by atoms with Gasteiger partial charge in [-0.1, -0.05) is 0 Å². The van der Waals surface area contributed by atoms with E-state index in [-0.39, 0.29) is 17.4 Å². The van der Waals surface area contributed by atoms with E-state index in [1.165, 1.54) is 37.5 Å². The van der Waals surface area contributed by atoms with Crippen LogP contribution in [0.2, 0.25) is 0 Å². The molecule has 3 rings (SSSR count). The van der Waals surface area contributed by atoms with E-state index in [4.69, 9.17) is 10.8 Å². The molecular weight excluding hydrogens is 641 g/mol. The topological polar surface area (TPSA) is 122 Å². The number of nitrogens with two attached hydrogens (primary N) is 1. The van der Waals surface area contributed by atoms with Crippen molar-refractivity contribution in [3.8, 4) is 0 Å². The second-order valence-electron chi connectivity index (χ2n) is 9.59. The van der Waals surface area contributed by atoms with E-state index >= 15 is 0 Å². The van der Waals surface area contributed by atoms with Crippen LogP contribution < -0.4 is 32.3 Å². The molecule has 0 aromatic heterocycles. The van der Waals surface area contributed by atoms with Gasteiger partial charge in [-0.15, -0.1) is 0 Å². The van der Waals surface area contributed by atoms with Gasteiger partial charge in [-0.05, 0) is 0 Å². The third kappa shape index (κ3) is 9.06. The van der Waals surface area contributed by atoms with Gasteiger partial charge in [0.2, 0.25) is 5.91 Å². The molecule has 1 unspecified atom stereocenters. The summed E-state index contributed by atoms with van der Waals surface area (Å²) in [6, 6.07) is 31.4. The van der Waals surface area contributed by atoms with E-state index in [0.29, 0.717) is 6.54 Å². The number of hydrogen-bond donors (Lipinski definition) is 4. The van der Waals surface area contributed by atoms with Gasteiger partial charge in [0.05, 0.1) is 0 Å². The van der Waals surface area contributed by atoms with E-state index in [2.05, 4.69) is 117 Å². The van der Waals surface area contributed by atoms with Crippen LogP contribution in [0.15, 0.2) is 91.0 Å². The summed E-state index contributed by atoms with van der Waals surface area (Å²) < 4.78 is 0. The van der Waals surface area contributed by atoms with Crippen LogP contribution >= 0.6 is 42.4 Å². The summed E-state index contributed by atoms with van der Waals surface area (Å²) in [5.41, 5.74) is 5.76. The predicted molar refractivity (Wildman–Crippen MR) is 179 cm³/mol. The Bertz CT molecular complexity index is 1170. The van der Waals surface area contributed by atoms with Crippen molar-refractivity contribution in [3.63, 3.8) is 0 Å². The molecule has 0 aliphatic rings. The average Bonchev–Trinajstić information content (AvgIpc) is 3.01. The van der Waals surface area contributed by atoms with Gasteiger partial charge in [0.25, 0.3) is 0 Å². The quantitative estimate of drug-likeness (QED) is 0.0968. The zero-order valence-corrected chi connectivity index (χ0v) is 26.9. The van der Waals surface area contributed by atoms with E-state index < -0.39 is 29.8 Å². The minimum absolute atomic E-state index is 0.0654. The third-order valence-corrected chi connectivity index (χ3v) is 19.1. The Morgan fingerprint density at radius 3 is 1.78 bits per heavy atom. The van der Waals surface area contributed by atoms with E-state index in [0.717, 1.165) is 25.4 Å². The summed E-state index contributed by atoms with van der Waals surface area (Å²) >= 11 is 4.47. The molecule has 0 bridgehead atoms. The van der Waals surface area contributed by atoms with Gasteiger partial charge in [0.15, 0.2) is 0 Å². The molecule has 0 saturated carbocycles. The minimum Gasteiger partial charge on any atom is -0.480 e. The van der Waals surface area contributed by atoms with Crippen LogP contribution in [0.3, 0.4) is 0 Å². The molecule has 41 heavy (non-hydrogen) atoms. The van der Waals surface area contributed by atoms with Gasteiger partial charge >= 0.3 is 221 Å². The molecule has 0 spiro atoms. The Balaban J connectivity index is 1.51. The van der Waals surface area contributed by atoms with Crippen LogP contribution in [0, 0.1) is 0 Å². The SMILES string of the molecule is NC(CSSCC(=O)NCCCCCP(Br)(c1ccccc1)(c1ccccc1)c1ccccc1)C(=O)NCC(=O)O. The molecule has 7 nitrogen and oxygen atoms in total. The van der Waals surface area contributed by atoms with Crippen molar-refractivity contribution in [2.45, 2.75) is 25.3 Å². The monoisotopic (exact) mass is 677 g/mol. The largest absolute Gasteiger partial charge is 0.480 e. The van der Waals surface area contributed by atoms with Gasteiger partial charge in [0.1, 0.15) is 6.54 Å². The molecule has 1 atom stereocenters. The number of aliphatic carboxylic acids is 1. The number of carbonyl (C=O) groups is 3. The van der Waals surface area contributed by atoms with Crippen molar-refractivity contribution in [1.82, 2.24) is 10.6 Å². The van der Waals surface area contributed by atoms with Crippen molar-refractivity contribution in [1.29, 1.82) is 0 Å². The summed E-state index contributed by atoms with van der Waals surface area (Å²) in [6.45, 7) is 0.137. The fraction of sp³-hybridized carbons (Fsp3) is 0.300. The summed E-state index contributed by atoms with van der Waals surface area (Å²) in [6.07, 6.45) is 3.79. The zero-order chi connectivity index (χ0) is 29.6. The smallest absolute Gasteiger partial charge is 0.322 e. The number of halogens is 1. The Hall–Kier alpha value is -2.36. The molecule has 0 radical (unpaired) electrons. The number of unbranched alkanes of at least 4 members (excludes halogenated alkanes) is 2. The molecule has 0 fully saturated rings. The first-order valence-corrected chi connectivity index (χ1v) is 20.3. The number of hydrogen-bond acceptors (Lipinski definition) is 6. The number of rotatable bonds is 17. The summed E-state index contributed by atoms with van der Waals surface area (Å²) in [5, 5.41) is 14.8. The molecule has 3 aromatic carbocycles. The predicted octanol–water partition coefficient (Wildman–Crippen LogP) is 4.02. The zero-order valence-electron chi connectivity index (χ0n) is 22.8. The summed E-state index contributed by atoms with van der Waals surface area (Å²) in [7, 11) is 2.64. The fourth-order valence-electron chi connectivity index (χ4n) is 4.63. The van der Waals surface area contributed by atoms with Gasteiger partial charge in [-0.3, -0.25) is 9.59 Å². The molecule has 2 amide bonds. The van der Waals surface area contributed by atoms with Crippen LogP contribution in [0.1, 0.15) is 19.3 Å². The van der Waals surface area contributed by atoms with Crippen molar-refractivity contribution < 1.29 is 19.5 Å². The van der Waals surface area contributed by atoms with Crippen LogP contribution in [0.5, 0.6) is 0 Å². The molecule has 0 aliphatic heterocycles. The van der Waals surface area contributed by atoms with Crippen LogP contribution in [-0.4, -0.2) is 59.7 Å². The maximum atomic E-state index is 12.3.